The van der Waals surface area contributed by atoms with E-state index in [2.05, 4.69) is 43.4 Å². The van der Waals surface area contributed by atoms with Crippen molar-refractivity contribution in [3.8, 4) is 5.75 Å². The number of hydrogen-bond donors (Lipinski definition) is 1. The number of benzene rings is 2. The number of amides is 1. The van der Waals surface area contributed by atoms with E-state index in [0.29, 0.717) is 18.9 Å². The number of aryl methyl sites for hydroxylation is 2. The molecule has 0 spiro atoms. The molecule has 24 heavy (non-hydrogen) atoms. The van der Waals surface area contributed by atoms with E-state index < -0.39 is 0 Å². The van der Waals surface area contributed by atoms with Gasteiger partial charge in [0, 0.05) is 4.90 Å². The maximum Gasteiger partial charge on any atom is 0.230 e. The first-order valence-corrected chi connectivity index (χ1v) is 9.34. The molecule has 0 aliphatic rings. The molecule has 0 bridgehead atoms. The van der Waals surface area contributed by atoms with E-state index in [4.69, 9.17) is 4.74 Å². The van der Waals surface area contributed by atoms with E-state index in [0.717, 1.165) is 23.5 Å². The van der Waals surface area contributed by atoms with E-state index in [-0.39, 0.29) is 5.91 Å². The third-order valence-corrected chi connectivity index (χ3v) is 4.56. The first-order chi connectivity index (χ1) is 11.7. The molecule has 0 radical (unpaired) electrons. The molecule has 0 aliphatic heterocycles. The fourth-order valence-electron chi connectivity index (χ4n) is 2.23. The Labute approximate surface area is 148 Å². The van der Waals surface area contributed by atoms with Gasteiger partial charge in [0.05, 0.1) is 12.3 Å². The van der Waals surface area contributed by atoms with Crippen LogP contribution < -0.4 is 10.1 Å². The molecule has 1 N–H and O–H groups in total. The van der Waals surface area contributed by atoms with E-state index in [1.165, 1.54) is 11.1 Å². The second kappa shape index (κ2) is 10.0. The predicted octanol–water partition coefficient (Wildman–Crippen LogP) is 4.23. The maximum atomic E-state index is 11.8. The highest BCUT2D eigenvalue weighted by Crippen LogP contribution is 2.17. The summed E-state index contributed by atoms with van der Waals surface area (Å²) in [5.74, 6) is 1.30. The van der Waals surface area contributed by atoms with E-state index >= 15 is 0 Å². The summed E-state index contributed by atoms with van der Waals surface area (Å²) in [7, 11) is 0. The minimum Gasteiger partial charge on any atom is -0.492 e. The second-order valence-corrected chi connectivity index (χ2v) is 6.74. The first kappa shape index (κ1) is 18.4. The Balaban J connectivity index is 1.61. The Bertz CT molecular complexity index is 623. The summed E-state index contributed by atoms with van der Waals surface area (Å²) in [5, 5.41) is 2.88. The zero-order valence-electron chi connectivity index (χ0n) is 14.4. The van der Waals surface area contributed by atoms with E-state index in [9.17, 15) is 4.79 Å². The van der Waals surface area contributed by atoms with Crippen LogP contribution in [0.15, 0.2) is 53.4 Å². The summed E-state index contributed by atoms with van der Waals surface area (Å²) in [6, 6.07) is 16.3. The summed E-state index contributed by atoms with van der Waals surface area (Å²) < 4.78 is 5.64. The number of ether oxygens (including phenoxy) is 1. The van der Waals surface area contributed by atoms with Crippen LogP contribution >= 0.6 is 11.8 Å². The molecule has 0 atom stereocenters. The molecule has 0 unspecified atom stereocenters. The molecule has 0 aromatic heterocycles. The van der Waals surface area contributed by atoms with Crippen molar-refractivity contribution in [3.63, 3.8) is 0 Å². The van der Waals surface area contributed by atoms with Crippen molar-refractivity contribution in [2.45, 2.75) is 31.6 Å². The number of carbonyl (C=O) groups is 1. The minimum atomic E-state index is 0.0301. The molecule has 3 nitrogen and oxygen atoms in total. The molecule has 0 saturated carbocycles. The van der Waals surface area contributed by atoms with Crippen molar-refractivity contribution in [1.82, 2.24) is 5.32 Å². The summed E-state index contributed by atoms with van der Waals surface area (Å²) in [6.07, 6.45) is 2.24. The maximum absolute atomic E-state index is 11.8. The van der Waals surface area contributed by atoms with Gasteiger partial charge in [-0.05, 0) is 43.2 Å². The van der Waals surface area contributed by atoms with Crippen LogP contribution in [-0.2, 0) is 11.2 Å². The van der Waals surface area contributed by atoms with Crippen LogP contribution in [0.3, 0.4) is 0 Å². The number of thioether (sulfide) groups is 1. The van der Waals surface area contributed by atoms with Gasteiger partial charge in [-0.15, -0.1) is 11.8 Å². The van der Waals surface area contributed by atoms with Crippen LogP contribution in [0.4, 0.5) is 0 Å². The van der Waals surface area contributed by atoms with Crippen LogP contribution in [0.25, 0.3) is 0 Å². The average Bonchev–Trinajstić information content (AvgIpc) is 2.60. The zero-order valence-corrected chi connectivity index (χ0v) is 15.2. The van der Waals surface area contributed by atoms with Gasteiger partial charge in [-0.3, -0.25) is 4.79 Å². The minimum absolute atomic E-state index is 0.0301. The first-order valence-electron chi connectivity index (χ1n) is 8.35. The lowest BCUT2D eigenvalue weighted by Crippen LogP contribution is -2.29. The Hall–Kier alpha value is -1.94. The van der Waals surface area contributed by atoms with Crippen LogP contribution in [0.1, 0.15) is 24.5 Å². The van der Waals surface area contributed by atoms with Gasteiger partial charge in [0.25, 0.3) is 0 Å². The van der Waals surface area contributed by atoms with Crippen LogP contribution in [0.5, 0.6) is 5.75 Å². The fourth-order valence-corrected chi connectivity index (χ4v) is 2.96. The van der Waals surface area contributed by atoms with Crippen LogP contribution in [0, 0.1) is 6.92 Å². The Morgan fingerprint density at radius 1 is 1.08 bits per heavy atom. The lowest BCUT2D eigenvalue weighted by Gasteiger charge is -2.08. The topological polar surface area (TPSA) is 38.3 Å². The smallest absolute Gasteiger partial charge is 0.230 e. The van der Waals surface area contributed by atoms with E-state index in [1.54, 1.807) is 11.8 Å². The average molecular weight is 343 g/mol. The normalized spacial score (nSPS) is 10.4. The highest BCUT2D eigenvalue weighted by molar-refractivity contribution is 8.00. The molecule has 2 aromatic rings. The predicted molar refractivity (Wildman–Crippen MR) is 101 cm³/mol. The number of rotatable bonds is 9. The van der Waals surface area contributed by atoms with Gasteiger partial charge < -0.3 is 10.1 Å². The molecule has 0 saturated heterocycles. The summed E-state index contributed by atoms with van der Waals surface area (Å²) in [6.45, 7) is 5.22. The molecule has 0 heterocycles. The monoisotopic (exact) mass is 343 g/mol. The molecule has 1 amide bonds. The van der Waals surface area contributed by atoms with Gasteiger partial charge in [-0.25, -0.2) is 0 Å². The number of nitrogens with one attached hydrogen (secondary N) is 1. The van der Waals surface area contributed by atoms with Crippen molar-refractivity contribution >= 4 is 17.7 Å². The standard InChI is InChI=1S/C20H25NO2S/c1-3-4-17-7-9-18(10-8-17)23-14-13-21-20(22)15-24-19-11-5-16(2)6-12-19/h5-12H,3-4,13-15H2,1-2H3,(H,21,22). The van der Waals surface area contributed by atoms with Gasteiger partial charge in [0.15, 0.2) is 0 Å². The van der Waals surface area contributed by atoms with Crippen molar-refractivity contribution in [2.75, 3.05) is 18.9 Å². The molecule has 2 aromatic carbocycles. The van der Waals surface area contributed by atoms with Crippen molar-refractivity contribution < 1.29 is 9.53 Å². The Kier molecular flexibility index (Phi) is 7.69. The molecule has 4 heteroatoms. The quantitative estimate of drug-likeness (QED) is 0.547. The zero-order chi connectivity index (χ0) is 17.2. The molecule has 128 valence electrons. The Morgan fingerprint density at radius 3 is 2.46 bits per heavy atom. The fraction of sp³-hybridized carbons (Fsp3) is 0.350. The molecular formula is C20H25NO2S. The van der Waals surface area contributed by atoms with Crippen molar-refractivity contribution in [1.29, 1.82) is 0 Å². The largest absolute Gasteiger partial charge is 0.492 e. The highest BCUT2D eigenvalue weighted by atomic mass is 32.2. The number of carbonyl (C=O) groups excluding carboxylic acids is 1. The van der Waals surface area contributed by atoms with E-state index in [1.807, 2.05) is 24.3 Å². The lowest BCUT2D eigenvalue weighted by molar-refractivity contribution is -0.118. The van der Waals surface area contributed by atoms with Crippen LogP contribution in [-0.4, -0.2) is 24.8 Å². The van der Waals surface area contributed by atoms with Gasteiger partial charge in [0.2, 0.25) is 5.91 Å². The van der Waals surface area contributed by atoms with Gasteiger partial charge in [-0.2, -0.15) is 0 Å². The molecule has 0 aliphatic carbocycles. The third kappa shape index (κ3) is 6.67. The molecular weight excluding hydrogens is 318 g/mol. The summed E-state index contributed by atoms with van der Waals surface area (Å²) in [4.78, 5) is 12.9. The summed E-state index contributed by atoms with van der Waals surface area (Å²) in [5.41, 5.74) is 2.55. The highest BCUT2D eigenvalue weighted by Gasteiger charge is 2.02. The van der Waals surface area contributed by atoms with Gasteiger partial charge >= 0.3 is 0 Å². The lowest BCUT2D eigenvalue weighted by atomic mass is 10.1. The number of hydrogen-bond acceptors (Lipinski definition) is 3. The SMILES string of the molecule is CCCc1ccc(OCCNC(=O)CSc2ccc(C)cc2)cc1. The second-order valence-electron chi connectivity index (χ2n) is 5.69. The summed E-state index contributed by atoms with van der Waals surface area (Å²) >= 11 is 1.54. The van der Waals surface area contributed by atoms with Crippen molar-refractivity contribution in [2.24, 2.45) is 0 Å². The van der Waals surface area contributed by atoms with Crippen LogP contribution in [0.2, 0.25) is 0 Å². The van der Waals surface area contributed by atoms with Gasteiger partial charge in [0.1, 0.15) is 12.4 Å². The van der Waals surface area contributed by atoms with Gasteiger partial charge in [-0.1, -0.05) is 43.2 Å². The molecule has 2 rings (SSSR count). The molecule has 0 fully saturated rings. The third-order valence-electron chi connectivity index (χ3n) is 3.55. The van der Waals surface area contributed by atoms with Crippen molar-refractivity contribution in [3.05, 3.63) is 59.7 Å². The Morgan fingerprint density at radius 2 is 1.79 bits per heavy atom.